The molecule has 0 bridgehead atoms. The quantitative estimate of drug-likeness (QED) is 0.399. The number of ether oxygens (including phenoxy) is 1. The van der Waals surface area contributed by atoms with Crippen LogP contribution in [0.25, 0.3) is 0 Å². The van der Waals surface area contributed by atoms with Crippen LogP contribution in [0.4, 0.5) is 10.5 Å². The normalized spacial score (nSPS) is 13.0. The molecule has 0 aliphatic heterocycles. The highest BCUT2D eigenvalue weighted by Crippen LogP contribution is 2.29. The number of benzene rings is 2. The minimum atomic E-state index is -0.954. The van der Waals surface area contributed by atoms with Gasteiger partial charge in [0.25, 0.3) is 5.91 Å². The Morgan fingerprint density at radius 2 is 1.68 bits per heavy atom. The molecule has 2 aromatic carbocycles. The van der Waals surface area contributed by atoms with E-state index in [2.05, 4.69) is 10.6 Å². The summed E-state index contributed by atoms with van der Waals surface area (Å²) in [6.45, 7) is 13.1. The third-order valence-corrected chi connectivity index (χ3v) is 6.17. The summed E-state index contributed by atoms with van der Waals surface area (Å²) in [5.41, 5.74) is 2.35. The number of likely N-dealkylation sites (N-methyl/N-ethyl adjacent to an activating group) is 1. The van der Waals surface area contributed by atoms with Crippen molar-refractivity contribution in [2.75, 3.05) is 12.4 Å². The van der Waals surface area contributed by atoms with Crippen molar-refractivity contribution in [3.8, 4) is 0 Å². The molecule has 0 radical (unpaired) electrons. The van der Waals surface area contributed by atoms with Gasteiger partial charge >= 0.3 is 6.09 Å². The van der Waals surface area contributed by atoms with Gasteiger partial charge < -0.3 is 20.3 Å². The summed E-state index contributed by atoms with van der Waals surface area (Å²) in [4.78, 5) is 41.4. The van der Waals surface area contributed by atoms with Gasteiger partial charge in [-0.2, -0.15) is 0 Å². The summed E-state index contributed by atoms with van der Waals surface area (Å²) in [5, 5.41) is 6.04. The summed E-state index contributed by atoms with van der Waals surface area (Å²) >= 11 is 6.37. The predicted molar refractivity (Wildman–Crippen MR) is 149 cm³/mol. The van der Waals surface area contributed by atoms with E-state index in [9.17, 15) is 14.4 Å². The van der Waals surface area contributed by atoms with Gasteiger partial charge in [0.1, 0.15) is 17.7 Å². The van der Waals surface area contributed by atoms with E-state index in [-0.39, 0.29) is 5.92 Å². The number of aryl methyl sites for hydroxylation is 2. The van der Waals surface area contributed by atoms with Crippen molar-refractivity contribution in [3.05, 3.63) is 64.2 Å². The largest absolute Gasteiger partial charge is 0.444 e. The Labute approximate surface area is 225 Å². The summed E-state index contributed by atoms with van der Waals surface area (Å²) in [6, 6.07) is 11.1. The SMILES string of the molecule is CCc1ccc(C(C(=O)Nc2c(C)cccc2Cl)N(C)C(=O)C(CC(C)C)NC(=O)OC(C)(C)C)cc1. The lowest BCUT2D eigenvalue weighted by Crippen LogP contribution is -2.51. The molecule has 0 aliphatic rings. The molecule has 0 heterocycles. The molecule has 2 atom stereocenters. The third-order valence-electron chi connectivity index (χ3n) is 5.85. The molecule has 0 saturated carbocycles. The lowest BCUT2D eigenvalue weighted by Gasteiger charge is -2.32. The molecule has 2 unspecified atom stereocenters. The molecule has 37 heavy (non-hydrogen) atoms. The van der Waals surface area contributed by atoms with Crippen LogP contribution in [0.2, 0.25) is 5.02 Å². The molecule has 2 N–H and O–H groups in total. The topological polar surface area (TPSA) is 87.7 Å². The molecular formula is C29H40ClN3O4. The van der Waals surface area contributed by atoms with Gasteiger partial charge in [0, 0.05) is 7.05 Å². The third kappa shape index (κ3) is 8.78. The minimum absolute atomic E-state index is 0.110. The average molecular weight is 530 g/mol. The first-order chi connectivity index (χ1) is 17.2. The van der Waals surface area contributed by atoms with E-state index in [1.54, 1.807) is 33.9 Å². The van der Waals surface area contributed by atoms with Crippen molar-refractivity contribution in [1.82, 2.24) is 10.2 Å². The number of nitrogens with one attached hydrogen (secondary N) is 2. The smallest absolute Gasteiger partial charge is 0.408 e. The Morgan fingerprint density at radius 1 is 1.05 bits per heavy atom. The van der Waals surface area contributed by atoms with E-state index in [1.165, 1.54) is 4.90 Å². The second-order valence-electron chi connectivity index (χ2n) is 10.7. The maximum atomic E-state index is 13.8. The minimum Gasteiger partial charge on any atom is -0.444 e. The van der Waals surface area contributed by atoms with Gasteiger partial charge in [0.05, 0.1) is 10.7 Å². The summed E-state index contributed by atoms with van der Waals surface area (Å²) in [5.74, 6) is -0.689. The van der Waals surface area contributed by atoms with E-state index >= 15 is 0 Å². The zero-order valence-corrected chi connectivity index (χ0v) is 23.9. The fourth-order valence-corrected chi connectivity index (χ4v) is 4.25. The second kappa shape index (κ2) is 13.0. The standard InChI is InChI=1S/C29H40ClN3O4/c1-9-20-13-15-21(16-14-20)25(26(34)32-24-19(4)11-10-12-22(24)30)33(8)27(35)23(17-18(2)3)31-28(36)37-29(5,6)7/h10-16,18,23,25H,9,17H2,1-8H3,(H,31,36)(H,32,34). The molecule has 0 saturated heterocycles. The molecule has 3 amide bonds. The summed E-state index contributed by atoms with van der Waals surface area (Å²) < 4.78 is 5.39. The zero-order valence-electron chi connectivity index (χ0n) is 23.1. The Balaban J connectivity index is 2.43. The van der Waals surface area contributed by atoms with E-state index in [4.69, 9.17) is 16.3 Å². The molecule has 202 valence electrons. The number of para-hydroxylation sites is 1. The van der Waals surface area contributed by atoms with Crippen LogP contribution in [0.15, 0.2) is 42.5 Å². The van der Waals surface area contributed by atoms with Crippen LogP contribution < -0.4 is 10.6 Å². The van der Waals surface area contributed by atoms with Crippen LogP contribution >= 0.6 is 11.6 Å². The molecule has 7 nitrogen and oxygen atoms in total. The number of alkyl carbamates (subject to hydrolysis) is 1. The Bertz CT molecular complexity index is 1070. The Morgan fingerprint density at radius 3 is 2.19 bits per heavy atom. The van der Waals surface area contributed by atoms with Crippen LogP contribution in [-0.4, -0.2) is 41.5 Å². The van der Waals surface area contributed by atoms with Crippen LogP contribution in [0.5, 0.6) is 0 Å². The van der Waals surface area contributed by atoms with Gasteiger partial charge in [-0.1, -0.05) is 68.8 Å². The lowest BCUT2D eigenvalue weighted by molar-refractivity contribution is -0.139. The monoisotopic (exact) mass is 529 g/mol. The van der Waals surface area contributed by atoms with Crippen LogP contribution in [0.1, 0.15) is 70.7 Å². The number of carbonyl (C=O) groups excluding carboxylic acids is 3. The van der Waals surface area contributed by atoms with Crippen molar-refractivity contribution in [3.63, 3.8) is 0 Å². The fourth-order valence-electron chi connectivity index (χ4n) is 3.98. The van der Waals surface area contributed by atoms with E-state index in [0.717, 1.165) is 17.5 Å². The molecule has 2 rings (SSSR count). The predicted octanol–water partition coefficient (Wildman–Crippen LogP) is 6.29. The first-order valence-electron chi connectivity index (χ1n) is 12.6. The molecule has 0 aromatic heterocycles. The number of rotatable bonds is 9. The second-order valence-corrected chi connectivity index (χ2v) is 11.1. The van der Waals surface area contributed by atoms with Crippen molar-refractivity contribution in [2.45, 2.75) is 79.0 Å². The van der Waals surface area contributed by atoms with Gasteiger partial charge in [-0.15, -0.1) is 0 Å². The van der Waals surface area contributed by atoms with E-state index in [1.807, 2.05) is 64.1 Å². The van der Waals surface area contributed by atoms with Gasteiger partial charge in [-0.3, -0.25) is 9.59 Å². The Kier molecular flexibility index (Phi) is 10.6. The number of hydrogen-bond donors (Lipinski definition) is 2. The molecular weight excluding hydrogens is 490 g/mol. The van der Waals surface area contributed by atoms with Crippen molar-refractivity contribution in [2.24, 2.45) is 5.92 Å². The molecule has 0 fully saturated rings. The molecule has 2 aromatic rings. The molecule has 8 heteroatoms. The first kappa shape index (κ1) is 30.2. The molecule has 0 spiro atoms. The van der Waals surface area contributed by atoms with Crippen molar-refractivity contribution < 1.29 is 19.1 Å². The lowest BCUT2D eigenvalue weighted by atomic mass is 9.98. The fraction of sp³-hybridized carbons (Fsp3) is 0.483. The maximum Gasteiger partial charge on any atom is 0.408 e. The Hall–Kier alpha value is -3.06. The number of amides is 3. The van der Waals surface area contributed by atoms with Gasteiger partial charge in [-0.25, -0.2) is 4.79 Å². The van der Waals surface area contributed by atoms with Crippen LogP contribution in [0, 0.1) is 12.8 Å². The van der Waals surface area contributed by atoms with E-state index < -0.39 is 35.6 Å². The number of hydrogen-bond acceptors (Lipinski definition) is 4. The highest BCUT2D eigenvalue weighted by Gasteiger charge is 2.34. The number of halogens is 1. The number of anilines is 1. The highest BCUT2D eigenvalue weighted by atomic mass is 35.5. The van der Waals surface area contributed by atoms with Crippen LogP contribution in [-0.2, 0) is 20.7 Å². The van der Waals surface area contributed by atoms with Gasteiger partial charge in [0.2, 0.25) is 5.91 Å². The first-order valence-corrected chi connectivity index (χ1v) is 13.0. The summed E-state index contributed by atoms with van der Waals surface area (Å²) in [6.07, 6.45) is 0.552. The maximum absolute atomic E-state index is 13.8. The van der Waals surface area contributed by atoms with E-state index in [0.29, 0.717) is 22.7 Å². The van der Waals surface area contributed by atoms with Gasteiger partial charge in [-0.05, 0) is 69.2 Å². The van der Waals surface area contributed by atoms with Crippen LogP contribution in [0.3, 0.4) is 0 Å². The average Bonchev–Trinajstić information content (AvgIpc) is 2.79. The number of carbonyl (C=O) groups is 3. The van der Waals surface area contributed by atoms with Gasteiger partial charge in [0.15, 0.2) is 0 Å². The van der Waals surface area contributed by atoms with Crippen molar-refractivity contribution in [1.29, 1.82) is 0 Å². The number of nitrogens with zero attached hydrogens (tertiary/aromatic N) is 1. The zero-order chi connectivity index (χ0) is 27.9. The summed E-state index contributed by atoms with van der Waals surface area (Å²) in [7, 11) is 1.57. The highest BCUT2D eigenvalue weighted by molar-refractivity contribution is 6.34. The van der Waals surface area contributed by atoms with Crippen molar-refractivity contribution >= 4 is 35.2 Å². The molecule has 0 aliphatic carbocycles.